The molecule has 0 aromatic carbocycles. The summed E-state index contributed by atoms with van der Waals surface area (Å²) < 4.78 is 0. The predicted octanol–water partition coefficient (Wildman–Crippen LogP) is 16.6. The molecule has 1 aliphatic heterocycles. The Balaban J connectivity index is 6.00. The molecule has 1 aliphatic rings. The summed E-state index contributed by atoms with van der Waals surface area (Å²) in [6, 6.07) is 0. The number of hydrogen-bond donors (Lipinski definition) is 0. The SMILES string of the molecule is CC(C)(C)[Si]1(C(C)(C)C)[Si]([Si](C(C)(C)C)(C(C)(C)C)C(C)(C)C)[Si]([Si](C(C)(C)C)(C(C)(C)C)C(C)(C)C)=[Si]1[Si](C(C)(C)C)(C(C)(C)C)C(C)(C)C. The lowest BCUT2D eigenvalue weighted by Gasteiger charge is -2.82. The molecule has 0 N–H and O–H groups in total. The summed E-state index contributed by atoms with van der Waals surface area (Å²) in [5.74, 6) is 0. The van der Waals surface area contributed by atoms with E-state index in [1.165, 1.54) is 0 Å². The van der Waals surface area contributed by atoms with Gasteiger partial charge in [-0.25, -0.2) is 0 Å². The molecule has 1 heterocycles. The fraction of sp³-hybridized carbons (Fsp3) is 1.00. The Hall–Kier alpha value is 1.52. The number of rotatable bonds is 3. The van der Waals surface area contributed by atoms with Crippen molar-refractivity contribution in [3.63, 3.8) is 0 Å². The van der Waals surface area contributed by atoms with Gasteiger partial charge in [0.05, 0.1) is 29.9 Å². The lowest BCUT2D eigenvalue weighted by Crippen LogP contribution is -3.03. The molecule has 0 atom stereocenters. The predicted molar refractivity (Wildman–Crippen MR) is 257 cm³/mol. The fourth-order valence-corrected chi connectivity index (χ4v) is 338. The maximum atomic E-state index is 2.87. The average molecular weight is 825 g/mol. The summed E-state index contributed by atoms with van der Waals surface area (Å²) in [6.07, 6.45) is 0. The molecule has 303 valence electrons. The normalized spacial score (nSPS) is 19.5. The highest BCUT2D eigenvalue weighted by Gasteiger charge is 2.86. The lowest BCUT2D eigenvalue weighted by molar-refractivity contribution is 0.549. The van der Waals surface area contributed by atoms with Gasteiger partial charge >= 0.3 is 0 Å². The first-order valence-corrected chi connectivity index (χ1v) is 40.5. The lowest BCUT2D eigenvalue weighted by atomic mass is 10.2. The maximum Gasteiger partial charge on any atom is 0.0719 e. The minimum atomic E-state index is -2.19. The first kappa shape index (κ1) is 50.5. The van der Waals surface area contributed by atoms with Gasteiger partial charge in [-0.2, -0.15) is 0 Å². The van der Waals surface area contributed by atoms with Gasteiger partial charge in [-0.1, -0.05) is 228 Å². The molecule has 0 nitrogen and oxygen atoms in total. The van der Waals surface area contributed by atoms with Crippen molar-refractivity contribution in [2.75, 3.05) is 0 Å². The van der Waals surface area contributed by atoms with E-state index >= 15 is 0 Å². The topological polar surface area (TPSA) is 0 Å². The van der Waals surface area contributed by atoms with Crippen LogP contribution in [0, 0.1) is 0 Å². The summed E-state index contributed by atoms with van der Waals surface area (Å²) >= 11 is 0. The van der Waals surface area contributed by atoms with Crippen molar-refractivity contribution >= 4 is 51.1 Å². The molecule has 0 saturated heterocycles. The summed E-state index contributed by atoms with van der Waals surface area (Å²) in [5, 5.41) is 3.59. The van der Waals surface area contributed by atoms with Crippen LogP contribution in [0.25, 0.3) is 0 Å². The van der Waals surface area contributed by atoms with Gasteiger partial charge in [0.15, 0.2) is 0 Å². The van der Waals surface area contributed by atoms with Gasteiger partial charge in [0.2, 0.25) is 0 Å². The van der Waals surface area contributed by atoms with E-state index in [4.69, 9.17) is 0 Å². The van der Waals surface area contributed by atoms with Crippen LogP contribution in [0.3, 0.4) is 0 Å². The van der Waals surface area contributed by atoms with Crippen LogP contribution < -0.4 is 0 Å². The molecule has 0 saturated carbocycles. The molecule has 0 amide bonds. The van der Waals surface area contributed by atoms with Crippen LogP contribution in [0.5, 0.6) is 0 Å². The Morgan fingerprint density at radius 2 is 0.431 bits per heavy atom. The van der Waals surface area contributed by atoms with E-state index in [0.717, 1.165) is 0 Å². The van der Waals surface area contributed by atoms with Crippen molar-refractivity contribution in [1.29, 1.82) is 0 Å². The van der Waals surface area contributed by atoms with E-state index in [0.29, 0.717) is 55.4 Å². The largest absolute Gasteiger partial charge is 0.0719 e. The third kappa shape index (κ3) is 6.58. The van der Waals surface area contributed by atoms with Crippen LogP contribution >= 0.6 is 0 Å². The van der Waals surface area contributed by atoms with Crippen molar-refractivity contribution in [1.82, 2.24) is 0 Å². The first-order chi connectivity index (χ1) is 21.4. The van der Waals surface area contributed by atoms with Gasteiger partial charge in [0.1, 0.15) is 0 Å². The molecule has 0 aromatic heterocycles. The quantitative estimate of drug-likeness (QED) is 0.249. The standard InChI is InChI=1S/C44H99Si7/c1-34(2,3)48(35(4,5)6,36(7,8)9)45-46(49(37(10,11)12,38(13,14)15)39(16,17)18)51(43(28,29)30,44(31,32)33)47(45)50(40(19,20)21,41(22,23)24)42(25,26)27/h1-33H3. The molecule has 0 fully saturated rings. The van der Waals surface area contributed by atoms with Gasteiger partial charge in [-0.05, 0) is 69.3 Å². The van der Waals surface area contributed by atoms with Crippen molar-refractivity contribution < 1.29 is 0 Å². The molecule has 0 spiro atoms. The van der Waals surface area contributed by atoms with E-state index in [-0.39, 0.29) is 0 Å². The fourth-order valence-electron chi connectivity index (χ4n) is 18.0. The van der Waals surface area contributed by atoms with Gasteiger partial charge in [0.25, 0.3) is 0 Å². The Labute approximate surface area is 333 Å². The highest BCUT2D eigenvalue weighted by Crippen LogP contribution is 2.76. The van der Waals surface area contributed by atoms with Crippen LogP contribution in [0.2, 0.25) is 55.4 Å². The Morgan fingerprint density at radius 3 is 0.569 bits per heavy atom. The Morgan fingerprint density at radius 1 is 0.255 bits per heavy atom. The third-order valence-corrected chi connectivity index (χ3v) is 171. The summed E-state index contributed by atoms with van der Waals surface area (Å²) in [5.41, 5.74) is 0. The summed E-state index contributed by atoms with van der Waals surface area (Å²) in [6.45, 7) is 91.3. The van der Waals surface area contributed by atoms with Crippen LogP contribution in [0.1, 0.15) is 228 Å². The van der Waals surface area contributed by atoms with E-state index in [2.05, 4.69) is 228 Å². The molecule has 0 aromatic rings. The second-order valence-electron chi connectivity index (χ2n) is 28.9. The van der Waals surface area contributed by atoms with Crippen LogP contribution in [0.15, 0.2) is 0 Å². The molecule has 51 heavy (non-hydrogen) atoms. The van der Waals surface area contributed by atoms with E-state index in [1.807, 2.05) is 0 Å². The van der Waals surface area contributed by atoms with Gasteiger partial charge in [-0.3, -0.25) is 0 Å². The highest BCUT2D eigenvalue weighted by molar-refractivity contribution is 8.15. The molecule has 1 radical (unpaired) electrons. The molecule has 1 rings (SSSR count). The zero-order valence-corrected chi connectivity index (χ0v) is 49.0. The molecular weight excluding hydrogens is 725 g/mol. The third-order valence-electron chi connectivity index (χ3n) is 14.8. The molecule has 7 heteroatoms. The van der Waals surface area contributed by atoms with Crippen LogP contribution in [-0.2, 0) is 0 Å². The average Bonchev–Trinajstić information content (AvgIpc) is 2.65. The van der Waals surface area contributed by atoms with E-state index < -0.39 is 51.1 Å². The minimum Gasteiger partial charge on any atom is -0.0628 e. The van der Waals surface area contributed by atoms with Crippen molar-refractivity contribution in [3.05, 3.63) is 0 Å². The maximum absolute atomic E-state index is 2.87. The monoisotopic (exact) mass is 824 g/mol. The van der Waals surface area contributed by atoms with E-state index in [9.17, 15) is 0 Å². The second kappa shape index (κ2) is 13.0. The Kier molecular flexibility index (Phi) is 12.9. The number of hydrogen-bond acceptors (Lipinski definition) is 0. The second-order valence-corrected chi connectivity index (χ2v) is 93.4. The van der Waals surface area contributed by atoms with Gasteiger partial charge < -0.3 is 0 Å². The summed E-state index contributed by atoms with van der Waals surface area (Å²) in [4.78, 5) is 0. The Bertz CT molecular complexity index is 1180. The first-order valence-electron chi connectivity index (χ1n) is 21.0. The molecular formula is C44H99Si7. The molecule has 0 aliphatic carbocycles. The zero-order valence-electron chi connectivity index (χ0n) is 42.0. The summed E-state index contributed by atoms with van der Waals surface area (Å²) in [7, 11) is -9.56. The molecule has 0 bridgehead atoms. The zero-order chi connectivity index (χ0) is 42.2. The van der Waals surface area contributed by atoms with Crippen molar-refractivity contribution in [3.8, 4) is 0 Å². The molecule has 0 unspecified atom stereocenters. The smallest absolute Gasteiger partial charge is 0.0628 e. The van der Waals surface area contributed by atoms with Gasteiger partial charge in [-0.15, -0.1) is 0 Å². The minimum absolute atomic E-state index is 0.319. The highest BCUT2D eigenvalue weighted by atomic mass is 30.3. The van der Waals surface area contributed by atoms with Crippen molar-refractivity contribution in [2.45, 2.75) is 284 Å². The van der Waals surface area contributed by atoms with Crippen molar-refractivity contribution in [2.24, 2.45) is 0 Å². The van der Waals surface area contributed by atoms with E-state index in [1.54, 1.807) is 0 Å². The van der Waals surface area contributed by atoms with Gasteiger partial charge in [0, 0.05) is 7.35 Å². The van der Waals surface area contributed by atoms with Crippen LogP contribution in [-0.4, -0.2) is 51.1 Å². The van der Waals surface area contributed by atoms with Crippen LogP contribution in [0.4, 0.5) is 0 Å².